The van der Waals surface area contributed by atoms with Gasteiger partial charge in [-0.2, -0.15) is 4.98 Å². The highest BCUT2D eigenvalue weighted by Gasteiger charge is 2.22. The molecular formula is C23H26N8O2. The average molecular weight is 447 g/mol. The number of anilines is 1. The Balaban J connectivity index is 1.91. The number of rotatable bonds is 6. The largest absolute Gasteiger partial charge is 0.344 e. The Morgan fingerprint density at radius 2 is 1.97 bits per heavy atom. The molecule has 4 aromatic heterocycles. The second kappa shape index (κ2) is 8.88. The maximum Gasteiger partial charge on any atom is 0.332 e. The van der Waals surface area contributed by atoms with E-state index in [-0.39, 0.29) is 19.1 Å². The standard InChI is InChI=1S/C23H26N8O2/c1-5-6-12-30-18-20(27-22(30)28(3)13-15(2)24)29(4)23(33)31(21(18)32)14-17-10-9-16-8-7-11-25-19(16)26-17/h7-11,15H,12-14,24H2,1-4H3. The summed E-state index contributed by atoms with van der Waals surface area (Å²) in [6.45, 7) is 4.43. The van der Waals surface area contributed by atoms with E-state index < -0.39 is 11.2 Å². The molecule has 10 heteroatoms. The first kappa shape index (κ1) is 22.2. The van der Waals surface area contributed by atoms with Crippen molar-refractivity contribution in [2.45, 2.75) is 33.0 Å². The third kappa shape index (κ3) is 4.10. The molecule has 170 valence electrons. The maximum atomic E-state index is 13.6. The molecule has 0 saturated carbocycles. The van der Waals surface area contributed by atoms with E-state index in [2.05, 4.69) is 26.8 Å². The van der Waals surface area contributed by atoms with Gasteiger partial charge in [-0.3, -0.25) is 18.5 Å². The fourth-order valence-electron chi connectivity index (χ4n) is 3.85. The summed E-state index contributed by atoms with van der Waals surface area (Å²) in [6, 6.07) is 7.30. The third-order valence-electron chi connectivity index (χ3n) is 5.37. The zero-order valence-electron chi connectivity index (χ0n) is 19.1. The molecule has 10 nitrogen and oxygen atoms in total. The summed E-state index contributed by atoms with van der Waals surface area (Å²) in [5, 5.41) is 0.884. The van der Waals surface area contributed by atoms with Crippen LogP contribution in [0.25, 0.3) is 22.2 Å². The normalized spacial score (nSPS) is 12.0. The van der Waals surface area contributed by atoms with Crippen molar-refractivity contribution in [2.24, 2.45) is 12.8 Å². The van der Waals surface area contributed by atoms with Gasteiger partial charge in [0, 0.05) is 38.3 Å². The van der Waals surface area contributed by atoms with Crippen LogP contribution in [0.2, 0.25) is 0 Å². The smallest absolute Gasteiger partial charge is 0.332 e. The zero-order chi connectivity index (χ0) is 23.7. The molecule has 0 radical (unpaired) electrons. The summed E-state index contributed by atoms with van der Waals surface area (Å²) < 4.78 is 4.29. The first-order valence-electron chi connectivity index (χ1n) is 10.6. The Labute approximate surface area is 190 Å². The number of nitrogens with zero attached hydrogens (tertiary/aromatic N) is 7. The van der Waals surface area contributed by atoms with Gasteiger partial charge in [0.1, 0.15) is 0 Å². The van der Waals surface area contributed by atoms with Crippen molar-refractivity contribution in [3.63, 3.8) is 0 Å². The summed E-state index contributed by atoms with van der Waals surface area (Å²) in [4.78, 5) is 42.0. The Morgan fingerprint density at radius 3 is 2.70 bits per heavy atom. The Morgan fingerprint density at radius 1 is 1.18 bits per heavy atom. The second-order valence-corrected chi connectivity index (χ2v) is 8.04. The molecular weight excluding hydrogens is 420 g/mol. The minimum absolute atomic E-state index is 0.0175. The maximum absolute atomic E-state index is 13.6. The number of hydrogen-bond donors (Lipinski definition) is 1. The van der Waals surface area contributed by atoms with Gasteiger partial charge >= 0.3 is 5.69 Å². The number of aryl methyl sites for hydroxylation is 1. The van der Waals surface area contributed by atoms with Crippen LogP contribution in [0.1, 0.15) is 19.5 Å². The number of likely N-dealkylation sites (N-methyl/N-ethyl adjacent to an activating group) is 1. The minimum atomic E-state index is -0.469. The van der Waals surface area contributed by atoms with Crippen LogP contribution in [0.15, 0.2) is 40.1 Å². The van der Waals surface area contributed by atoms with E-state index in [1.807, 2.05) is 37.1 Å². The fraction of sp³-hybridized carbons (Fsp3) is 0.348. The fourth-order valence-corrected chi connectivity index (χ4v) is 3.85. The van der Waals surface area contributed by atoms with E-state index in [4.69, 9.17) is 5.73 Å². The average Bonchev–Trinajstić information content (AvgIpc) is 3.18. The van der Waals surface area contributed by atoms with Gasteiger partial charge in [0.25, 0.3) is 5.56 Å². The third-order valence-corrected chi connectivity index (χ3v) is 5.37. The number of nitrogens with two attached hydrogens (primary N) is 1. The van der Waals surface area contributed by atoms with E-state index in [0.717, 1.165) is 5.39 Å². The molecule has 33 heavy (non-hydrogen) atoms. The van der Waals surface area contributed by atoms with Crippen LogP contribution in [0, 0.1) is 11.8 Å². The molecule has 0 fully saturated rings. The number of hydrogen-bond acceptors (Lipinski definition) is 7. The van der Waals surface area contributed by atoms with E-state index in [1.54, 1.807) is 30.8 Å². The molecule has 0 aromatic carbocycles. The molecule has 0 aliphatic heterocycles. The van der Waals surface area contributed by atoms with Crippen molar-refractivity contribution in [3.8, 4) is 11.8 Å². The van der Waals surface area contributed by atoms with Crippen LogP contribution in [0.3, 0.4) is 0 Å². The van der Waals surface area contributed by atoms with E-state index in [0.29, 0.717) is 35.0 Å². The molecule has 1 unspecified atom stereocenters. The molecule has 4 heterocycles. The van der Waals surface area contributed by atoms with E-state index in [1.165, 1.54) is 9.13 Å². The van der Waals surface area contributed by atoms with Gasteiger partial charge in [0.05, 0.1) is 18.8 Å². The predicted octanol–water partition coefficient (Wildman–Crippen LogP) is 0.695. The van der Waals surface area contributed by atoms with Crippen LogP contribution in [0.5, 0.6) is 0 Å². The second-order valence-electron chi connectivity index (χ2n) is 8.04. The van der Waals surface area contributed by atoms with Crippen molar-refractivity contribution >= 4 is 28.1 Å². The van der Waals surface area contributed by atoms with Crippen molar-refractivity contribution in [3.05, 3.63) is 57.0 Å². The highest BCUT2D eigenvalue weighted by molar-refractivity contribution is 5.75. The topological polar surface area (TPSA) is 117 Å². The van der Waals surface area contributed by atoms with Gasteiger partial charge in [-0.1, -0.05) is 5.92 Å². The quantitative estimate of drug-likeness (QED) is 0.433. The Bertz CT molecular complexity index is 1520. The summed E-state index contributed by atoms with van der Waals surface area (Å²) in [6.07, 6.45) is 1.66. The molecule has 0 aliphatic rings. The molecule has 2 N–H and O–H groups in total. The van der Waals surface area contributed by atoms with Gasteiger partial charge in [-0.15, -0.1) is 5.92 Å². The van der Waals surface area contributed by atoms with Crippen LogP contribution in [-0.2, 0) is 20.1 Å². The summed E-state index contributed by atoms with van der Waals surface area (Å²) >= 11 is 0. The zero-order valence-corrected chi connectivity index (χ0v) is 19.1. The van der Waals surface area contributed by atoms with Gasteiger partial charge in [0.15, 0.2) is 16.8 Å². The van der Waals surface area contributed by atoms with Gasteiger partial charge in [0.2, 0.25) is 5.95 Å². The molecule has 0 saturated heterocycles. The molecule has 0 spiro atoms. The van der Waals surface area contributed by atoms with Gasteiger partial charge in [-0.25, -0.2) is 14.8 Å². The van der Waals surface area contributed by atoms with Crippen LogP contribution in [-0.4, -0.2) is 48.3 Å². The van der Waals surface area contributed by atoms with E-state index >= 15 is 0 Å². The minimum Gasteiger partial charge on any atom is -0.344 e. The Kier molecular flexibility index (Phi) is 5.98. The number of fused-ring (bicyclic) bond motifs is 2. The summed E-state index contributed by atoms with van der Waals surface area (Å²) in [5.74, 6) is 6.39. The SMILES string of the molecule is CC#CCn1c(N(C)CC(C)N)nc2c1c(=O)n(Cc1ccc3cccnc3n1)c(=O)n2C. The molecule has 0 amide bonds. The molecule has 4 rings (SSSR count). The molecule has 1 atom stereocenters. The molecule has 4 aromatic rings. The highest BCUT2D eigenvalue weighted by atomic mass is 16.2. The monoisotopic (exact) mass is 446 g/mol. The van der Waals surface area contributed by atoms with Gasteiger partial charge in [-0.05, 0) is 38.1 Å². The van der Waals surface area contributed by atoms with E-state index in [9.17, 15) is 9.59 Å². The Hall–Kier alpha value is -3.97. The number of imidazole rings is 1. The predicted molar refractivity (Wildman–Crippen MR) is 128 cm³/mol. The lowest BCUT2D eigenvalue weighted by Crippen LogP contribution is -2.40. The first-order chi connectivity index (χ1) is 15.8. The summed E-state index contributed by atoms with van der Waals surface area (Å²) in [7, 11) is 3.46. The van der Waals surface area contributed by atoms with Crippen molar-refractivity contribution in [2.75, 3.05) is 18.5 Å². The lowest BCUT2D eigenvalue weighted by atomic mass is 10.2. The number of pyridine rings is 2. The van der Waals surface area contributed by atoms with Crippen LogP contribution in [0.4, 0.5) is 5.95 Å². The van der Waals surface area contributed by atoms with Crippen LogP contribution >= 0.6 is 0 Å². The van der Waals surface area contributed by atoms with Crippen LogP contribution < -0.4 is 21.9 Å². The molecule has 0 aliphatic carbocycles. The number of aromatic nitrogens is 6. The van der Waals surface area contributed by atoms with Gasteiger partial charge < -0.3 is 10.6 Å². The van der Waals surface area contributed by atoms with Crippen molar-refractivity contribution in [1.29, 1.82) is 0 Å². The molecule has 0 bridgehead atoms. The van der Waals surface area contributed by atoms with Crippen molar-refractivity contribution < 1.29 is 0 Å². The van der Waals surface area contributed by atoms with Crippen molar-refractivity contribution in [1.82, 2.24) is 28.7 Å². The highest BCUT2D eigenvalue weighted by Crippen LogP contribution is 2.19. The lowest BCUT2D eigenvalue weighted by Gasteiger charge is -2.20. The summed E-state index contributed by atoms with van der Waals surface area (Å²) in [5.41, 5.74) is 6.79. The first-order valence-corrected chi connectivity index (χ1v) is 10.6. The lowest BCUT2D eigenvalue weighted by molar-refractivity contribution is 0.645.